The predicted molar refractivity (Wildman–Crippen MR) is 69.6 cm³/mol. The van der Waals surface area contributed by atoms with Gasteiger partial charge < -0.3 is 9.84 Å². The minimum absolute atomic E-state index is 0.224. The van der Waals surface area contributed by atoms with Gasteiger partial charge in [-0.1, -0.05) is 17.3 Å². The molecule has 1 aromatic carbocycles. The lowest BCUT2D eigenvalue weighted by Gasteiger charge is -2.18. The SMILES string of the molecule is FC(F)(F)c1ccc(-c2noc(C3CCNCC3)n2)cc1. The van der Waals surface area contributed by atoms with Crippen LogP contribution in [0.5, 0.6) is 0 Å². The summed E-state index contributed by atoms with van der Waals surface area (Å²) in [6.07, 6.45) is -2.49. The maximum absolute atomic E-state index is 12.5. The van der Waals surface area contributed by atoms with E-state index >= 15 is 0 Å². The van der Waals surface area contributed by atoms with Gasteiger partial charge in [-0.25, -0.2) is 0 Å². The van der Waals surface area contributed by atoms with Gasteiger partial charge in [-0.3, -0.25) is 0 Å². The van der Waals surface area contributed by atoms with Crippen LogP contribution in [0.1, 0.15) is 30.2 Å². The van der Waals surface area contributed by atoms with Gasteiger partial charge in [-0.05, 0) is 38.1 Å². The Hall–Kier alpha value is -1.89. The largest absolute Gasteiger partial charge is 0.416 e. The third-order valence-corrected chi connectivity index (χ3v) is 3.60. The van der Waals surface area contributed by atoms with Crippen LogP contribution in [0.2, 0.25) is 0 Å². The second-order valence-electron chi connectivity index (χ2n) is 5.06. The molecule has 1 fully saturated rings. The summed E-state index contributed by atoms with van der Waals surface area (Å²) in [5.41, 5.74) is -0.166. The summed E-state index contributed by atoms with van der Waals surface area (Å²) in [6, 6.07) is 4.77. The fourth-order valence-electron chi connectivity index (χ4n) is 2.40. The lowest BCUT2D eigenvalue weighted by molar-refractivity contribution is -0.137. The molecule has 0 amide bonds. The van der Waals surface area contributed by atoms with E-state index in [-0.39, 0.29) is 5.92 Å². The van der Waals surface area contributed by atoms with Crippen molar-refractivity contribution < 1.29 is 17.7 Å². The van der Waals surface area contributed by atoms with Crippen molar-refractivity contribution in [3.8, 4) is 11.4 Å². The Morgan fingerprint density at radius 3 is 2.38 bits per heavy atom. The molecule has 0 saturated carbocycles. The number of hydrogen-bond acceptors (Lipinski definition) is 4. The van der Waals surface area contributed by atoms with Crippen molar-refractivity contribution in [2.24, 2.45) is 0 Å². The lowest BCUT2D eigenvalue weighted by Crippen LogP contribution is -2.26. The third-order valence-electron chi connectivity index (χ3n) is 3.60. The molecule has 7 heteroatoms. The maximum atomic E-state index is 12.5. The molecule has 1 N–H and O–H groups in total. The van der Waals surface area contributed by atoms with Crippen LogP contribution >= 0.6 is 0 Å². The summed E-state index contributed by atoms with van der Waals surface area (Å²) in [4.78, 5) is 4.31. The van der Waals surface area contributed by atoms with Gasteiger partial charge in [0, 0.05) is 11.5 Å². The van der Waals surface area contributed by atoms with Crippen molar-refractivity contribution in [2.75, 3.05) is 13.1 Å². The summed E-state index contributed by atoms with van der Waals surface area (Å²) in [5.74, 6) is 1.12. The van der Waals surface area contributed by atoms with Crippen LogP contribution in [0.25, 0.3) is 11.4 Å². The van der Waals surface area contributed by atoms with E-state index in [2.05, 4.69) is 15.5 Å². The topological polar surface area (TPSA) is 51.0 Å². The first kappa shape index (κ1) is 14.1. The number of piperidine rings is 1. The molecule has 2 aromatic rings. The number of halogens is 3. The van der Waals surface area contributed by atoms with Gasteiger partial charge in [0.2, 0.25) is 11.7 Å². The van der Waals surface area contributed by atoms with Crippen LogP contribution in [0.3, 0.4) is 0 Å². The van der Waals surface area contributed by atoms with Crippen molar-refractivity contribution in [1.29, 1.82) is 0 Å². The Labute approximate surface area is 119 Å². The van der Waals surface area contributed by atoms with E-state index in [9.17, 15) is 13.2 Å². The molecule has 0 aliphatic carbocycles. The molecule has 1 aliphatic rings. The zero-order chi connectivity index (χ0) is 14.9. The normalized spacial score (nSPS) is 17.1. The number of alkyl halides is 3. The van der Waals surface area contributed by atoms with Crippen molar-refractivity contribution in [3.05, 3.63) is 35.7 Å². The fourth-order valence-corrected chi connectivity index (χ4v) is 2.40. The average Bonchev–Trinajstić information content (AvgIpc) is 2.97. The molecule has 3 rings (SSSR count). The van der Waals surface area contributed by atoms with E-state index in [4.69, 9.17) is 4.52 Å². The quantitative estimate of drug-likeness (QED) is 0.924. The molecular weight excluding hydrogens is 283 g/mol. The number of rotatable bonds is 2. The van der Waals surface area contributed by atoms with Gasteiger partial charge in [0.15, 0.2) is 0 Å². The Kier molecular flexibility index (Phi) is 3.67. The van der Waals surface area contributed by atoms with E-state index in [1.807, 2.05) is 0 Å². The Balaban J connectivity index is 1.79. The monoisotopic (exact) mass is 297 g/mol. The predicted octanol–water partition coefficient (Wildman–Crippen LogP) is 3.22. The average molecular weight is 297 g/mol. The number of aromatic nitrogens is 2. The van der Waals surface area contributed by atoms with Crippen molar-refractivity contribution in [3.63, 3.8) is 0 Å². The standard InChI is InChI=1S/C14H14F3N3O/c15-14(16,17)11-3-1-9(2-4-11)12-19-13(21-20-12)10-5-7-18-8-6-10/h1-4,10,18H,5-8H2. The second kappa shape index (κ2) is 5.48. The van der Waals surface area contributed by atoms with Gasteiger partial charge in [0.05, 0.1) is 5.56 Å². The summed E-state index contributed by atoms with van der Waals surface area (Å²) in [6.45, 7) is 1.81. The molecule has 0 spiro atoms. The molecule has 1 saturated heterocycles. The first-order valence-electron chi connectivity index (χ1n) is 6.76. The molecular formula is C14H14F3N3O. The Bertz CT molecular complexity index is 601. The highest BCUT2D eigenvalue weighted by Crippen LogP contribution is 2.31. The summed E-state index contributed by atoms with van der Waals surface area (Å²) in [5, 5.41) is 7.11. The van der Waals surface area contributed by atoms with Crippen molar-refractivity contribution in [1.82, 2.24) is 15.5 Å². The van der Waals surface area contributed by atoms with Crippen LogP contribution in [0.4, 0.5) is 13.2 Å². The molecule has 21 heavy (non-hydrogen) atoms. The van der Waals surface area contributed by atoms with E-state index in [1.54, 1.807) is 0 Å². The molecule has 0 unspecified atom stereocenters. The highest BCUT2D eigenvalue weighted by Gasteiger charge is 2.30. The lowest BCUT2D eigenvalue weighted by atomic mass is 9.98. The molecule has 0 radical (unpaired) electrons. The second-order valence-corrected chi connectivity index (χ2v) is 5.06. The minimum Gasteiger partial charge on any atom is -0.339 e. The molecule has 1 aromatic heterocycles. The van der Waals surface area contributed by atoms with Gasteiger partial charge in [0.25, 0.3) is 0 Å². The molecule has 2 heterocycles. The number of nitrogens with zero attached hydrogens (tertiary/aromatic N) is 2. The van der Waals surface area contributed by atoms with E-state index < -0.39 is 11.7 Å². The summed E-state index contributed by atoms with van der Waals surface area (Å²) >= 11 is 0. The van der Waals surface area contributed by atoms with E-state index in [1.165, 1.54) is 12.1 Å². The van der Waals surface area contributed by atoms with E-state index in [0.29, 0.717) is 17.3 Å². The fraction of sp³-hybridized carbons (Fsp3) is 0.429. The molecule has 0 bridgehead atoms. The molecule has 1 aliphatic heterocycles. The van der Waals surface area contributed by atoms with Crippen LogP contribution in [-0.4, -0.2) is 23.2 Å². The number of benzene rings is 1. The van der Waals surface area contributed by atoms with Crippen LogP contribution in [-0.2, 0) is 6.18 Å². The van der Waals surface area contributed by atoms with Gasteiger partial charge in [0.1, 0.15) is 0 Å². The Morgan fingerprint density at radius 2 is 1.76 bits per heavy atom. The number of nitrogens with one attached hydrogen (secondary N) is 1. The minimum atomic E-state index is -4.34. The van der Waals surface area contributed by atoms with Crippen molar-refractivity contribution in [2.45, 2.75) is 24.9 Å². The molecule has 0 atom stereocenters. The summed E-state index contributed by atoms with van der Waals surface area (Å²) < 4.78 is 42.8. The first-order chi connectivity index (χ1) is 10.0. The zero-order valence-corrected chi connectivity index (χ0v) is 11.2. The van der Waals surface area contributed by atoms with Crippen LogP contribution in [0, 0.1) is 0 Å². The smallest absolute Gasteiger partial charge is 0.339 e. The van der Waals surface area contributed by atoms with Gasteiger partial charge in [-0.2, -0.15) is 18.2 Å². The van der Waals surface area contributed by atoms with Crippen LogP contribution in [0.15, 0.2) is 28.8 Å². The first-order valence-corrected chi connectivity index (χ1v) is 6.76. The highest BCUT2D eigenvalue weighted by molar-refractivity contribution is 5.54. The van der Waals surface area contributed by atoms with Gasteiger partial charge in [-0.15, -0.1) is 0 Å². The Morgan fingerprint density at radius 1 is 1.10 bits per heavy atom. The van der Waals surface area contributed by atoms with Crippen molar-refractivity contribution >= 4 is 0 Å². The van der Waals surface area contributed by atoms with Gasteiger partial charge >= 0.3 is 6.18 Å². The number of hydrogen-bond donors (Lipinski definition) is 1. The van der Waals surface area contributed by atoms with E-state index in [0.717, 1.165) is 38.1 Å². The zero-order valence-electron chi connectivity index (χ0n) is 11.2. The highest BCUT2D eigenvalue weighted by atomic mass is 19.4. The maximum Gasteiger partial charge on any atom is 0.416 e. The van der Waals surface area contributed by atoms with Crippen LogP contribution < -0.4 is 5.32 Å². The molecule has 112 valence electrons. The summed E-state index contributed by atoms with van der Waals surface area (Å²) in [7, 11) is 0. The third kappa shape index (κ3) is 3.07. The molecule has 4 nitrogen and oxygen atoms in total.